The summed E-state index contributed by atoms with van der Waals surface area (Å²) in [5, 5.41) is 11.7. The van der Waals surface area contributed by atoms with Gasteiger partial charge in [0.25, 0.3) is 0 Å². The van der Waals surface area contributed by atoms with E-state index in [1.165, 1.54) is 6.21 Å². The average Bonchev–Trinajstić information content (AvgIpc) is 2.45. The van der Waals surface area contributed by atoms with E-state index >= 15 is 0 Å². The second kappa shape index (κ2) is 8.19. The number of benzene rings is 1. The second-order valence-electron chi connectivity index (χ2n) is 4.38. The molecule has 0 saturated heterocycles. The summed E-state index contributed by atoms with van der Waals surface area (Å²) in [5.41, 5.74) is 1.65. The minimum absolute atomic E-state index is 0.165. The highest BCUT2D eigenvalue weighted by molar-refractivity contribution is 5.83. The lowest BCUT2D eigenvalue weighted by molar-refractivity contribution is -0.148. The maximum Gasteiger partial charge on any atom is 0.309 e. The zero-order valence-corrected chi connectivity index (χ0v) is 12.1. The molecule has 0 aliphatic carbocycles. The molecule has 0 radical (unpaired) electrons. The molecule has 5 nitrogen and oxygen atoms in total. The van der Waals surface area contributed by atoms with Crippen LogP contribution < -0.4 is 4.74 Å². The molecule has 1 N–H and O–H groups in total. The fraction of sp³-hybridized carbons (Fsp3) is 0.467. The van der Waals surface area contributed by atoms with Crippen molar-refractivity contribution in [2.24, 2.45) is 11.1 Å². The van der Waals surface area contributed by atoms with Crippen molar-refractivity contribution in [2.45, 2.75) is 26.7 Å². The summed E-state index contributed by atoms with van der Waals surface area (Å²) in [6.45, 7) is 4.15. The molecular weight excluding hydrogens is 258 g/mol. The van der Waals surface area contributed by atoms with E-state index < -0.39 is 0 Å². The fourth-order valence-electron chi connectivity index (χ4n) is 2.01. The van der Waals surface area contributed by atoms with E-state index in [4.69, 9.17) is 14.7 Å². The van der Waals surface area contributed by atoms with E-state index in [9.17, 15) is 4.79 Å². The summed E-state index contributed by atoms with van der Waals surface area (Å²) < 4.78 is 10.2. The van der Waals surface area contributed by atoms with Crippen molar-refractivity contribution >= 4 is 12.2 Å². The van der Waals surface area contributed by atoms with Crippen molar-refractivity contribution < 1.29 is 19.5 Å². The van der Waals surface area contributed by atoms with Crippen LogP contribution in [0.3, 0.4) is 0 Å². The van der Waals surface area contributed by atoms with Crippen LogP contribution in [0.4, 0.5) is 0 Å². The molecular formula is C15H21NO4. The van der Waals surface area contributed by atoms with Gasteiger partial charge < -0.3 is 14.7 Å². The molecule has 1 atom stereocenters. The minimum Gasteiger partial charge on any atom is -0.496 e. The molecule has 0 spiro atoms. The van der Waals surface area contributed by atoms with E-state index in [2.05, 4.69) is 5.16 Å². The smallest absolute Gasteiger partial charge is 0.309 e. The number of hydrogen-bond donors (Lipinski definition) is 1. The molecule has 0 aromatic heterocycles. The molecule has 1 unspecified atom stereocenters. The van der Waals surface area contributed by atoms with Crippen LogP contribution in [0.5, 0.6) is 5.75 Å². The number of hydrogen-bond acceptors (Lipinski definition) is 5. The molecule has 0 fully saturated rings. The second-order valence-corrected chi connectivity index (χ2v) is 4.38. The Hall–Kier alpha value is -2.04. The molecule has 0 aliphatic rings. The maximum atomic E-state index is 11.8. The Kier molecular flexibility index (Phi) is 6.56. The number of esters is 1. The quantitative estimate of drug-likeness (QED) is 0.360. The number of carbonyl (C=O) groups excluding carboxylic acids is 1. The summed E-state index contributed by atoms with van der Waals surface area (Å²) in [5.74, 6) is 0.279. The first-order chi connectivity index (χ1) is 9.65. The van der Waals surface area contributed by atoms with Crippen LogP contribution in [0, 0.1) is 5.92 Å². The summed E-state index contributed by atoms with van der Waals surface area (Å²) in [6, 6.07) is 5.54. The highest BCUT2D eigenvalue weighted by atomic mass is 16.5. The molecule has 20 heavy (non-hydrogen) atoms. The van der Waals surface area contributed by atoms with E-state index in [0.29, 0.717) is 30.8 Å². The van der Waals surface area contributed by atoms with Gasteiger partial charge in [0.05, 0.1) is 25.8 Å². The summed E-state index contributed by atoms with van der Waals surface area (Å²) >= 11 is 0. The molecule has 1 rings (SSSR count). The number of oxime groups is 1. The van der Waals surface area contributed by atoms with Crippen LogP contribution in [0.15, 0.2) is 23.4 Å². The van der Waals surface area contributed by atoms with Crippen molar-refractivity contribution in [3.63, 3.8) is 0 Å². The Labute approximate surface area is 119 Å². The Balaban J connectivity index is 2.91. The minimum atomic E-state index is -0.178. The largest absolute Gasteiger partial charge is 0.496 e. The maximum absolute atomic E-state index is 11.8. The SMILES string of the molecule is CCOC(=O)C(CC)Cc1ccc(OC)c(/C=N/O)c1. The predicted octanol–water partition coefficient (Wildman–Crippen LogP) is 2.64. The first-order valence-corrected chi connectivity index (χ1v) is 6.67. The van der Waals surface area contributed by atoms with Crippen molar-refractivity contribution in [2.75, 3.05) is 13.7 Å². The number of ether oxygens (including phenoxy) is 2. The van der Waals surface area contributed by atoms with Gasteiger partial charge in [-0.1, -0.05) is 18.1 Å². The van der Waals surface area contributed by atoms with Gasteiger partial charge in [0.15, 0.2) is 0 Å². The zero-order valence-electron chi connectivity index (χ0n) is 12.1. The van der Waals surface area contributed by atoms with E-state index in [0.717, 1.165) is 5.56 Å². The Bertz CT molecular complexity index is 471. The molecule has 0 bridgehead atoms. The molecule has 0 heterocycles. The number of nitrogens with zero attached hydrogens (tertiary/aromatic N) is 1. The van der Waals surface area contributed by atoms with Crippen LogP contribution in [0.25, 0.3) is 0 Å². The zero-order chi connectivity index (χ0) is 15.0. The highest BCUT2D eigenvalue weighted by Crippen LogP contribution is 2.21. The van der Waals surface area contributed by atoms with Gasteiger partial charge >= 0.3 is 5.97 Å². The lowest BCUT2D eigenvalue weighted by Gasteiger charge is -2.14. The van der Waals surface area contributed by atoms with E-state index in [1.54, 1.807) is 20.1 Å². The molecule has 0 amide bonds. The molecule has 5 heteroatoms. The van der Waals surface area contributed by atoms with E-state index in [-0.39, 0.29) is 11.9 Å². The number of rotatable bonds is 7. The van der Waals surface area contributed by atoms with Crippen molar-refractivity contribution in [1.29, 1.82) is 0 Å². The summed E-state index contributed by atoms with van der Waals surface area (Å²) in [6.07, 6.45) is 2.62. The van der Waals surface area contributed by atoms with Crippen molar-refractivity contribution in [1.82, 2.24) is 0 Å². The fourth-order valence-corrected chi connectivity index (χ4v) is 2.01. The Morgan fingerprint density at radius 3 is 2.75 bits per heavy atom. The van der Waals surface area contributed by atoms with Gasteiger partial charge in [-0.2, -0.15) is 0 Å². The number of methoxy groups -OCH3 is 1. The molecule has 110 valence electrons. The third-order valence-electron chi connectivity index (χ3n) is 3.09. The van der Waals surface area contributed by atoms with Gasteiger partial charge in [-0.3, -0.25) is 4.79 Å². The topological polar surface area (TPSA) is 68.1 Å². The first-order valence-electron chi connectivity index (χ1n) is 6.67. The lowest BCUT2D eigenvalue weighted by atomic mass is 9.96. The standard InChI is InChI=1S/C15H21NO4/c1-4-12(15(17)20-5-2)8-11-6-7-14(19-3)13(9-11)10-16-18/h6-7,9-10,12,18H,4-5,8H2,1-3H3/b16-10+. The highest BCUT2D eigenvalue weighted by Gasteiger charge is 2.18. The van der Waals surface area contributed by atoms with E-state index in [1.807, 2.05) is 19.1 Å². The lowest BCUT2D eigenvalue weighted by Crippen LogP contribution is -2.19. The van der Waals surface area contributed by atoms with Crippen LogP contribution in [-0.2, 0) is 16.0 Å². The Morgan fingerprint density at radius 1 is 1.45 bits per heavy atom. The normalized spacial score (nSPS) is 12.3. The molecule has 0 saturated carbocycles. The molecule has 0 aliphatic heterocycles. The van der Waals surface area contributed by atoms with Gasteiger partial charge in [0.1, 0.15) is 5.75 Å². The monoisotopic (exact) mass is 279 g/mol. The molecule has 1 aromatic rings. The Morgan fingerprint density at radius 2 is 2.20 bits per heavy atom. The van der Waals surface area contributed by atoms with Gasteiger partial charge in [0.2, 0.25) is 0 Å². The first kappa shape index (κ1) is 16.0. The molecule has 1 aromatic carbocycles. The third-order valence-corrected chi connectivity index (χ3v) is 3.09. The van der Waals surface area contributed by atoms with Gasteiger partial charge in [-0.05, 0) is 37.5 Å². The summed E-state index contributed by atoms with van der Waals surface area (Å²) in [7, 11) is 1.55. The van der Waals surface area contributed by atoms with Crippen molar-refractivity contribution in [3.8, 4) is 5.75 Å². The van der Waals surface area contributed by atoms with Crippen LogP contribution in [0.1, 0.15) is 31.4 Å². The van der Waals surface area contributed by atoms with Crippen molar-refractivity contribution in [3.05, 3.63) is 29.3 Å². The van der Waals surface area contributed by atoms with Crippen LogP contribution in [0.2, 0.25) is 0 Å². The van der Waals surface area contributed by atoms with Gasteiger partial charge in [-0.15, -0.1) is 0 Å². The third kappa shape index (κ3) is 4.26. The number of carbonyl (C=O) groups is 1. The van der Waals surface area contributed by atoms with Gasteiger partial charge in [-0.25, -0.2) is 0 Å². The summed E-state index contributed by atoms with van der Waals surface area (Å²) in [4.78, 5) is 11.8. The van der Waals surface area contributed by atoms with Gasteiger partial charge in [0, 0.05) is 5.56 Å². The predicted molar refractivity (Wildman–Crippen MR) is 76.5 cm³/mol. The van der Waals surface area contributed by atoms with Crippen LogP contribution in [-0.4, -0.2) is 31.1 Å². The van der Waals surface area contributed by atoms with Crippen LogP contribution >= 0.6 is 0 Å². The average molecular weight is 279 g/mol.